The van der Waals surface area contributed by atoms with Crippen LogP contribution in [0.3, 0.4) is 0 Å². The number of carbonyl (C=O) groups is 1. The molecule has 0 N–H and O–H groups in total. The maximum Gasteiger partial charge on any atom is 0.335 e. The third kappa shape index (κ3) is 2.16. The first-order valence-electron chi connectivity index (χ1n) is 5.86. The largest absolute Gasteiger partial charge is 0.450 e. The molecule has 0 fully saturated rings. The van der Waals surface area contributed by atoms with Crippen molar-refractivity contribution in [1.82, 2.24) is 0 Å². The number of hydrogen-bond acceptors (Lipinski definition) is 2. The van der Waals surface area contributed by atoms with Gasteiger partial charge in [-0.3, -0.25) is 0 Å². The van der Waals surface area contributed by atoms with Gasteiger partial charge in [-0.2, -0.15) is 0 Å². The quantitative estimate of drug-likeness (QED) is 0.581. The van der Waals surface area contributed by atoms with Crippen LogP contribution in [0.1, 0.15) is 31.4 Å². The molecule has 17 heavy (non-hydrogen) atoms. The van der Waals surface area contributed by atoms with E-state index in [1.165, 1.54) is 0 Å². The van der Waals surface area contributed by atoms with E-state index in [0.29, 0.717) is 12.8 Å². The number of cyclic esters (lactones) is 1. The van der Waals surface area contributed by atoms with Gasteiger partial charge >= 0.3 is 5.97 Å². The van der Waals surface area contributed by atoms with Crippen LogP contribution in [0.5, 0.6) is 0 Å². The van der Waals surface area contributed by atoms with E-state index in [1.54, 1.807) is 0 Å². The van der Waals surface area contributed by atoms with E-state index in [4.69, 9.17) is 4.74 Å². The van der Waals surface area contributed by atoms with Crippen molar-refractivity contribution in [3.63, 3.8) is 0 Å². The van der Waals surface area contributed by atoms with Gasteiger partial charge in [-0.15, -0.1) is 6.58 Å². The number of hydrogen-bond donors (Lipinski definition) is 0. The average Bonchev–Trinajstić information content (AvgIpc) is 2.67. The van der Waals surface area contributed by atoms with E-state index in [-0.39, 0.29) is 12.1 Å². The Kier molecular flexibility index (Phi) is 3.43. The molecule has 0 bridgehead atoms. The molecule has 0 saturated heterocycles. The van der Waals surface area contributed by atoms with Crippen molar-refractivity contribution in [3.05, 3.63) is 59.7 Å². The number of rotatable bonds is 4. The summed E-state index contributed by atoms with van der Waals surface area (Å²) in [4.78, 5) is 11.8. The summed E-state index contributed by atoms with van der Waals surface area (Å²) in [6.07, 6.45) is 3.01. The molecule has 0 saturated carbocycles. The van der Waals surface area contributed by atoms with Crippen molar-refractivity contribution in [1.29, 1.82) is 0 Å². The molecule has 0 aromatic heterocycles. The zero-order valence-corrected chi connectivity index (χ0v) is 9.98. The monoisotopic (exact) mass is 228 g/mol. The molecule has 1 heterocycles. The molecule has 2 nitrogen and oxygen atoms in total. The second kappa shape index (κ2) is 5.00. The smallest absolute Gasteiger partial charge is 0.335 e. The van der Waals surface area contributed by atoms with E-state index in [9.17, 15) is 4.79 Å². The Balaban J connectivity index is 2.39. The Morgan fingerprint density at radius 1 is 1.35 bits per heavy atom. The summed E-state index contributed by atoms with van der Waals surface area (Å²) in [5.41, 5.74) is 2.89. The van der Waals surface area contributed by atoms with Crippen LogP contribution in [0.25, 0.3) is 0 Å². The fraction of sp³-hybridized carbons (Fsp3) is 0.267. The van der Waals surface area contributed by atoms with Crippen LogP contribution in [0.4, 0.5) is 0 Å². The molecule has 1 aliphatic heterocycles. The number of esters is 1. The molecule has 0 aliphatic carbocycles. The first-order valence-corrected chi connectivity index (χ1v) is 5.86. The van der Waals surface area contributed by atoms with E-state index >= 15 is 0 Å². The summed E-state index contributed by atoms with van der Waals surface area (Å²) in [5, 5.41) is 0. The highest BCUT2D eigenvalue weighted by Crippen LogP contribution is 2.38. The van der Waals surface area contributed by atoms with Gasteiger partial charge in [0.15, 0.2) is 0 Å². The van der Waals surface area contributed by atoms with Crippen molar-refractivity contribution >= 4 is 5.97 Å². The second-order valence-electron chi connectivity index (χ2n) is 4.05. The lowest BCUT2D eigenvalue weighted by atomic mass is 9.95. The Labute approximate surface area is 102 Å². The summed E-state index contributed by atoms with van der Waals surface area (Å²) in [5.74, 6) is -0.182. The third-order valence-electron chi connectivity index (χ3n) is 3.00. The molecule has 1 aromatic carbocycles. The van der Waals surface area contributed by atoms with E-state index in [1.807, 2.05) is 43.3 Å². The SMILES string of the molecule is C=CCC1=C(CC)C(=O)OC1c1ccccc1. The lowest BCUT2D eigenvalue weighted by molar-refractivity contribution is -0.140. The second-order valence-corrected chi connectivity index (χ2v) is 4.05. The maximum atomic E-state index is 11.8. The van der Waals surface area contributed by atoms with Crippen molar-refractivity contribution in [2.45, 2.75) is 25.9 Å². The highest BCUT2D eigenvalue weighted by Gasteiger charge is 2.32. The summed E-state index contributed by atoms with van der Waals surface area (Å²) < 4.78 is 5.46. The molecule has 0 radical (unpaired) electrons. The van der Waals surface area contributed by atoms with Crippen molar-refractivity contribution < 1.29 is 9.53 Å². The molecular weight excluding hydrogens is 212 g/mol. The van der Waals surface area contributed by atoms with Gasteiger partial charge in [0.05, 0.1) is 0 Å². The van der Waals surface area contributed by atoms with Gasteiger partial charge in [0.2, 0.25) is 0 Å². The molecule has 0 spiro atoms. The van der Waals surface area contributed by atoms with Crippen LogP contribution in [0, 0.1) is 0 Å². The van der Waals surface area contributed by atoms with Gasteiger partial charge in [-0.1, -0.05) is 43.3 Å². The normalized spacial score (nSPS) is 19.4. The number of ether oxygens (including phenoxy) is 1. The van der Waals surface area contributed by atoms with Crippen LogP contribution in [0.2, 0.25) is 0 Å². The lowest BCUT2D eigenvalue weighted by Gasteiger charge is -2.13. The third-order valence-corrected chi connectivity index (χ3v) is 3.00. The Hall–Kier alpha value is -1.83. The van der Waals surface area contributed by atoms with Gasteiger partial charge in [0, 0.05) is 5.57 Å². The average molecular weight is 228 g/mol. The topological polar surface area (TPSA) is 26.3 Å². The summed E-state index contributed by atoms with van der Waals surface area (Å²) in [7, 11) is 0. The number of allylic oxidation sites excluding steroid dienone is 1. The molecule has 1 unspecified atom stereocenters. The van der Waals surface area contributed by atoms with E-state index in [0.717, 1.165) is 16.7 Å². The number of carbonyl (C=O) groups excluding carboxylic acids is 1. The molecule has 0 amide bonds. The van der Waals surface area contributed by atoms with Crippen LogP contribution in [0.15, 0.2) is 54.1 Å². The molecule has 88 valence electrons. The minimum atomic E-state index is -0.225. The number of benzene rings is 1. The molecule has 2 heteroatoms. The molecule has 2 rings (SSSR count). The Morgan fingerprint density at radius 3 is 2.65 bits per heavy atom. The zero-order valence-electron chi connectivity index (χ0n) is 9.98. The van der Waals surface area contributed by atoms with Gasteiger partial charge < -0.3 is 4.74 Å². The first kappa shape index (κ1) is 11.6. The Bertz CT molecular complexity index is 457. The molecular formula is C15H16O2. The van der Waals surface area contributed by atoms with Crippen LogP contribution in [-0.2, 0) is 9.53 Å². The van der Waals surface area contributed by atoms with Crippen LogP contribution in [-0.4, -0.2) is 5.97 Å². The van der Waals surface area contributed by atoms with E-state index < -0.39 is 0 Å². The van der Waals surface area contributed by atoms with Gasteiger partial charge in [0.1, 0.15) is 6.10 Å². The minimum absolute atomic E-state index is 0.182. The fourth-order valence-corrected chi connectivity index (χ4v) is 2.19. The van der Waals surface area contributed by atoms with Gasteiger partial charge in [-0.25, -0.2) is 4.79 Å². The highest BCUT2D eigenvalue weighted by atomic mass is 16.5. The summed E-state index contributed by atoms with van der Waals surface area (Å²) in [6.45, 7) is 5.72. The summed E-state index contributed by atoms with van der Waals surface area (Å²) >= 11 is 0. The Morgan fingerprint density at radius 2 is 2.06 bits per heavy atom. The van der Waals surface area contributed by atoms with Crippen molar-refractivity contribution in [2.24, 2.45) is 0 Å². The van der Waals surface area contributed by atoms with Crippen molar-refractivity contribution in [3.8, 4) is 0 Å². The fourth-order valence-electron chi connectivity index (χ4n) is 2.19. The minimum Gasteiger partial charge on any atom is -0.450 e. The zero-order chi connectivity index (χ0) is 12.3. The molecule has 1 aromatic rings. The molecule has 1 aliphatic rings. The van der Waals surface area contributed by atoms with Crippen LogP contribution < -0.4 is 0 Å². The lowest BCUT2D eigenvalue weighted by Crippen LogP contribution is -2.03. The van der Waals surface area contributed by atoms with E-state index in [2.05, 4.69) is 6.58 Å². The highest BCUT2D eigenvalue weighted by molar-refractivity contribution is 5.92. The standard InChI is InChI=1S/C15H16O2/c1-3-8-13-12(4-2)15(16)17-14(13)11-9-6-5-7-10-11/h3,5-7,9-10,14H,1,4,8H2,2H3. The van der Waals surface area contributed by atoms with Crippen LogP contribution >= 0.6 is 0 Å². The van der Waals surface area contributed by atoms with Crippen molar-refractivity contribution in [2.75, 3.05) is 0 Å². The summed E-state index contributed by atoms with van der Waals surface area (Å²) in [6, 6.07) is 9.84. The van der Waals surface area contributed by atoms with Gasteiger partial charge in [0.25, 0.3) is 0 Å². The predicted octanol–water partition coefficient (Wildman–Crippen LogP) is 3.57. The maximum absolute atomic E-state index is 11.8. The first-order chi connectivity index (χ1) is 8.27. The van der Waals surface area contributed by atoms with Gasteiger partial charge in [-0.05, 0) is 24.0 Å². The molecule has 1 atom stereocenters. The predicted molar refractivity (Wildman–Crippen MR) is 67.4 cm³/mol.